The van der Waals surface area contributed by atoms with Gasteiger partial charge in [0.2, 0.25) is 0 Å². The molecule has 2 rings (SSSR count). The number of nitrogens with zero attached hydrogens (tertiary/aromatic N) is 1. The second-order valence-corrected chi connectivity index (χ2v) is 5.32. The van der Waals surface area contributed by atoms with E-state index in [2.05, 4.69) is 11.8 Å². The molecule has 0 radical (unpaired) electrons. The SMILES string of the molecule is CCC1CCC(CN2CCC(=O)C2)CC1. The van der Waals surface area contributed by atoms with Crippen LogP contribution in [0.15, 0.2) is 0 Å². The summed E-state index contributed by atoms with van der Waals surface area (Å²) >= 11 is 0. The van der Waals surface area contributed by atoms with Crippen molar-refractivity contribution in [1.82, 2.24) is 4.90 Å². The zero-order valence-electron chi connectivity index (χ0n) is 9.87. The first kappa shape index (κ1) is 11.1. The molecule has 0 amide bonds. The molecule has 2 nitrogen and oxygen atoms in total. The minimum absolute atomic E-state index is 0.442. The largest absolute Gasteiger partial charge is 0.298 e. The molecule has 1 aliphatic carbocycles. The summed E-state index contributed by atoms with van der Waals surface area (Å²) in [4.78, 5) is 13.5. The fourth-order valence-corrected chi connectivity index (χ4v) is 3.03. The molecule has 0 unspecified atom stereocenters. The Bertz CT molecular complexity index is 219. The average Bonchev–Trinajstić information content (AvgIpc) is 2.65. The molecular formula is C13H23NO. The smallest absolute Gasteiger partial charge is 0.148 e. The zero-order chi connectivity index (χ0) is 10.7. The quantitative estimate of drug-likeness (QED) is 0.711. The van der Waals surface area contributed by atoms with E-state index in [1.165, 1.54) is 38.6 Å². The van der Waals surface area contributed by atoms with Gasteiger partial charge in [-0.2, -0.15) is 0 Å². The lowest BCUT2D eigenvalue weighted by Gasteiger charge is -2.30. The van der Waals surface area contributed by atoms with Gasteiger partial charge in [0.05, 0.1) is 6.54 Å². The molecule has 1 aliphatic heterocycles. The fraction of sp³-hybridized carbons (Fsp3) is 0.923. The third kappa shape index (κ3) is 3.04. The minimum Gasteiger partial charge on any atom is -0.298 e. The molecule has 0 bridgehead atoms. The van der Waals surface area contributed by atoms with Crippen LogP contribution in [-0.2, 0) is 4.79 Å². The normalized spacial score (nSPS) is 33.5. The van der Waals surface area contributed by atoms with Crippen LogP contribution in [0.25, 0.3) is 0 Å². The van der Waals surface area contributed by atoms with Crippen molar-refractivity contribution in [2.45, 2.75) is 45.4 Å². The van der Waals surface area contributed by atoms with Crippen LogP contribution in [0.2, 0.25) is 0 Å². The summed E-state index contributed by atoms with van der Waals surface area (Å²) in [5.74, 6) is 2.30. The molecule has 0 N–H and O–H groups in total. The molecule has 2 aliphatic rings. The molecule has 1 saturated carbocycles. The van der Waals surface area contributed by atoms with Crippen LogP contribution in [0.4, 0.5) is 0 Å². The van der Waals surface area contributed by atoms with Gasteiger partial charge < -0.3 is 0 Å². The van der Waals surface area contributed by atoms with Gasteiger partial charge in [-0.15, -0.1) is 0 Å². The molecule has 0 aromatic heterocycles. The zero-order valence-corrected chi connectivity index (χ0v) is 9.87. The van der Waals surface area contributed by atoms with E-state index in [4.69, 9.17) is 0 Å². The molecule has 15 heavy (non-hydrogen) atoms. The van der Waals surface area contributed by atoms with Gasteiger partial charge in [-0.05, 0) is 24.7 Å². The van der Waals surface area contributed by atoms with Gasteiger partial charge in [0.25, 0.3) is 0 Å². The summed E-state index contributed by atoms with van der Waals surface area (Å²) in [6.45, 7) is 5.24. The van der Waals surface area contributed by atoms with Gasteiger partial charge in [0, 0.05) is 19.5 Å². The van der Waals surface area contributed by atoms with Crippen molar-refractivity contribution in [1.29, 1.82) is 0 Å². The predicted octanol–water partition coefficient (Wildman–Crippen LogP) is 2.48. The Hall–Kier alpha value is -0.370. The van der Waals surface area contributed by atoms with Crippen molar-refractivity contribution in [3.63, 3.8) is 0 Å². The standard InChI is InChI=1S/C13H23NO/c1-2-11-3-5-12(6-4-11)9-14-8-7-13(15)10-14/h11-12H,2-10H2,1H3. The van der Waals surface area contributed by atoms with E-state index in [1.807, 2.05) is 0 Å². The number of Topliss-reactive ketones (excluding diaryl/α,β-unsaturated/α-hetero) is 1. The van der Waals surface area contributed by atoms with Crippen LogP contribution in [0.1, 0.15) is 45.4 Å². The Morgan fingerprint density at radius 2 is 1.87 bits per heavy atom. The lowest BCUT2D eigenvalue weighted by atomic mass is 9.81. The van der Waals surface area contributed by atoms with Crippen LogP contribution >= 0.6 is 0 Å². The Balaban J connectivity index is 1.70. The van der Waals surface area contributed by atoms with E-state index >= 15 is 0 Å². The maximum absolute atomic E-state index is 11.2. The molecule has 0 spiro atoms. The maximum Gasteiger partial charge on any atom is 0.148 e. The number of hydrogen-bond acceptors (Lipinski definition) is 2. The number of hydrogen-bond donors (Lipinski definition) is 0. The van der Waals surface area contributed by atoms with Crippen LogP contribution in [0.3, 0.4) is 0 Å². The highest BCUT2D eigenvalue weighted by atomic mass is 16.1. The van der Waals surface area contributed by atoms with Crippen LogP contribution in [0, 0.1) is 11.8 Å². The van der Waals surface area contributed by atoms with Gasteiger partial charge in [0.1, 0.15) is 5.78 Å². The number of ketones is 1. The van der Waals surface area contributed by atoms with Crippen LogP contribution < -0.4 is 0 Å². The highest BCUT2D eigenvalue weighted by molar-refractivity contribution is 5.82. The minimum atomic E-state index is 0.442. The highest BCUT2D eigenvalue weighted by Gasteiger charge is 2.25. The van der Waals surface area contributed by atoms with Gasteiger partial charge in [-0.3, -0.25) is 9.69 Å². The first-order valence-electron chi connectivity index (χ1n) is 6.52. The third-order valence-corrected chi connectivity index (χ3v) is 4.17. The summed E-state index contributed by atoms with van der Waals surface area (Å²) in [6, 6.07) is 0. The Kier molecular flexibility index (Phi) is 3.79. The van der Waals surface area contributed by atoms with Crippen molar-refractivity contribution >= 4 is 5.78 Å². The number of rotatable bonds is 3. The topological polar surface area (TPSA) is 20.3 Å². The van der Waals surface area contributed by atoms with Crippen molar-refractivity contribution in [3.8, 4) is 0 Å². The fourth-order valence-electron chi connectivity index (χ4n) is 3.03. The monoisotopic (exact) mass is 209 g/mol. The summed E-state index contributed by atoms with van der Waals surface area (Å²) in [5, 5.41) is 0. The Labute approximate surface area is 93.0 Å². The second kappa shape index (κ2) is 5.11. The maximum atomic E-state index is 11.2. The first-order chi connectivity index (χ1) is 7.28. The average molecular weight is 209 g/mol. The van der Waals surface area contributed by atoms with E-state index in [9.17, 15) is 4.79 Å². The van der Waals surface area contributed by atoms with Gasteiger partial charge in [0.15, 0.2) is 0 Å². The molecule has 0 aromatic carbocycles. The Morgan fingerprint density at radius 3 is 2.40 bits per heavy atom. The molecule has 0 aromatic rings. The number of carbonyl (C=O) groups excluding carboxylic acids is 1. The summed E-state index contributed by atoms with van der Waals surface area (Å²) in [6.07, 6.45) is 7.78. The van der Waals surface area contributed by atoms with Crippen molar-refractivity contribution < 1.29 is 4.79 Å². The van der Waals surface area contributed by atoms with Crippen molar-refractivity contribution in [3.05, 3.63) is 0 Å². The summed E-state index contributed by atoms with van der Waals surface area (Å²) in [7, 11) is 0. The van der Waals surface area contributed by atoms with E-state index in [0.717, 1.165) is 31.3 Å². The molecule has 2 heteroatoms. The van der Waals surface area contributed by atoms with Gasteiger partial charge >= 0.3 is 0 Å². The number of likely N-dealkylation sites (tertiary alicyclic amines) is 1. The molecule has 1 heterocycles. The molecular weight excluding hydrogens is 186 g/mol. The predicted molar refractivity (Wildman–Crippen MR) is 61.8 cm³/mol. The molecule has 1 saturated heterocycles. The van der Waals surface area contributed by atoms with Crippen molar-refractivity contribution in [2.24, 2.45) is 11.8 Å². The lowest BCUT2D eigenvalue weighted by molar-refractivity contribution is -0.116. The van der Waals surface area contributed by atoms with E-state index in [1.54, 1.807) is 0 Å². The van der Waals surface area contributed by atoms with Crippen LogP contribution in [0.5, 0.6) is 0 Å². The van der Waals surface area contributed by atoms with E-state index in [-0.39, 0.29) is 0 Å². The van der Waals surface area contributed by atoms with Crippen LogP contribution in [-0.4, -0.2) is 30.3 Å². The highest BCUT2D eigenvalue weighted by Crippen LogP contribution is 2.31. The summed E-state index contributed by atoms with van der Waals surface area (Å²) in [5.41, 5.74) is 0. The van der Waals surface area contributed by atoms with E-state index < -0.39 is 0 Å². The van der Waals surface area contributed by atoms with E-state index in [0.29, 0.717) is 5.78 Å². The second-order valence-electron chi connectivity index (χ2n) is 5.32. The van der Waals surface area contributed by atoms with Crippen molar-refractivity contribution in [2.75, 3.05) is 19.6 Å². The molecule has 86 valence electrons. The molecule has 0 atom stereocenters. The lowest BCUT2D eigenvalue weighted by Crippen LogP contribution is -2.30. The Morgan fingerprint density at radius 1 is 1.20 bits per heavy atom. The molecule has 2 fully saturated rings. The third-order valence-electron chi connectivity index (χ3n) is 4.17. The first-order valence-corrected chi connectivity index (χ1v) is 6.52. The van der Waals surface area contributed by atoms with Gasteiger partial charge in [-0.25, -0.2) is 0 Å². The van der Waals surface area contributed by atoms with Gasteiger partial charge in [-0.1, -0.05) is 26.2 Å². The number of carbonyl (C=O) groups is 1. The summed E-state index contributed by atoms with van der Waals surface area (Å²) < 4.78 is 0.